The van der Waals surface area contributed by atoms with Gasteiger partial charge in [0.05, 0.1) is 0 Å². The highest BCUT2D eigenvalue weighted by Crippen LogP contribution is 2.32. The maximum atomic E-state index is 12.8. The molecule has 0 saturated carbocycles. The summed E-state index contributed by atoms with van der Waals surface area (Å²) in [6, 6.07) is 9.48. The first kappa shape index (κ1) is 18.2. The maximum Gasteiger partial charge on any atom is 0.253 e. The van der Waals surface area contributed by atoms with Crippen LogP contribution in [0.4, 0.5) is 0 Å². The van der Waals surface area contributed by atoms with Crippen LogP contribution in [0.3, 0.4) is 0 Å². The number of rotatable bonds is 3. The van der Waals surface area contributed by atoms with Crippen molar-refractivity contribution in [3.8, 4) is 0 Å². The predicted octanol–water partition coefficient (Wildman–Crippen LogP) is 2.65. The number of nitrogens with zero attached hydrogens (tertiary/aromatic N) is 2. The molecule has 2 fully saturated rings. The van der Waals surface area contributed by atoms with Gasteiger partial charge in [-0.15, -0.1) is 12.4 Å². The lowest BCUT2D eigenvalue weighted by Crippen LogP contribution is -2.44. The lowest BCUT2D eigenvalue weighted by molar-refractivity contribution is 0.0728. The molecule has 0 radical (unpaired) electrons. The number of halogens is 1. The first-order valence-corrected chi connectivity index (χ1v) is 8.46. The van der Waals surface area contributed by atoms with Gasteiger partial charge in [-0.3, -0.25) is 9.69 Å². The molecule has 2 aliphatic rings. The second-order valence-electron chi connectivity index (χ2n) is 6.87. The molecule has 1 amide bonds. The Balaban J connectivity index is 0.00000192. The molecule has 3 rings (SSSR count). The third-order valence-corrected chi connectivity index (χ3v) is 5.16. The van der Waals surface area contributed by atoms with Gasteiger partial charge in [-0.1, -0.05) is 12.1 Å². The number of hydrogen-bond acceptors (Lipinski definition) is 3. The monoisotopic (exact) mass is 337 g/mol. The van der Waals surface area contributed by atoms with Gasteiger partial charge in [0.25, 0.3) is 5.91 Å². The van der Waals surface area contributed by atoms with Gasteiger partial charge in [-0.05, 0) is 50.8 Å². The average Bonchev–Trinajstić information content (AvgIpc) is 2.81. The molecule has 0 spiro atoms. The van der Waals surface area contributed by atoms with E-state index in [2.05, 4.69) is 23.6 Å². The molecule has 128 valence electrons. The van der Waals surface area contributed by atoms with Crippen LogP contribution in [0.2, 0.25) is 0 Å². The predicted molar refractivity (Wildman–Crippen MR) is 95.9 cm³/mol. The summed E-state index contributed by atoms with van der Waals surface area (Å²) >= 11 is 0. The van der Waals surface area contributed by atoms with E-state index in [1.807, 2.05) is 24.3 Å². The smallest absolute Gasteiger partial charge is 0.253 e. The molecular formula is C18H28ClN3O. The fourth-order valence-electron chi connectivity index (χ4n) is 4.10. The van der Waals surface area contributed by atoms with Gasteiger partial charge in [-0.2, -0.15) is 0 Å². The molecule has 2 heterocycles. The van der Waals surface area contributed by atoms with Crippen molar-refractivity contribution in [2.45, 2.75) is 57.8 Å². The molecule has 1 aromatic rings. The van der Waals surface area contributed by atoms with E-state index in [9.17, 15) is 4.79 Å². The zero-order valence-corrected chi connectivity index (χ0v) is 14.9. The van der Waals surface area contributed by atoms with Crippen molar-refractivity contribution in [2.75, 3.05) is 13.1 Å². The van der Waals surface area contributed by atoms with Crippen LogP contribution in [-0.2, 0) is 6.54 Å². The van der Waals surface area contributed by atoms with Crippen molar-refractivity contribution < 1.29 is 4.79 Å². The lowest BCUT2D eigenvalue weighted by atomic mass is 10.1. The van der Waals surface area contributed by atoms with Crippen LogP contribution >= 0.6 is 12.4 Å². The van der Waals surface area contributed by atoms with Crippen LogP contribution in [-0.4, -0.2) is 46.9 Å². The zero-order chi connectivity index (χ0) is 15.7. The first-order chi connectivity index (χ1) is 10.6. The molecule has 4 nitrogen and oxygen atoms in total. The Morgan fingerprint density at radius 1 is 1.17 bits per heavy atom. The average molecular weight is 338 g/mol. The highest BCUT2D eigenvalue weighted by atomic mass is 35.5. The molecule has 2 saturated heterocycles. The zero-order valence-electron chi connectivity index (χ0n) is 14.1. The van der Waals surface area contributed by atoms with Crippen LogP contribution in [0.25, 0.3) is 0 Å². The van der Waals surface area contributed by atoms with Gasteiger partial charge in [0, 0.05) is 43.3 Å². The highest BCUT2D eigenvalue weighted by molar-refractivity contribution is 5.94. The summed E-state index contributed by atoms with van der Waals surface area (Å²) in [5.41, 5.74) is 7.47. The Morgan fingerprint density at radius 3 is 2.43 bits per heavy atom. The SMILES string of the molecule is CC(C)N1C2CCC1CN(C(=O)c1ccc(CN)cc1)CC2.Cl. The summed E-state index contributed by atoms with van der Waals surface area (Å²) < 4.78 is 0. The number of carbonyl (C=O) groups is 1. The van der Waals surface area contributed by atoms with Crippen LogP contribution in [0, 0.1) is 0 Å². The Hall–Kier alpha value is -1.10. The number of benzene rings is 1. The number of carbonyl (C=O) groups excluding carboxylic acids is 1. The van der Waals surface area contributed by atoms with Gasteiger partial charge in [0.2, 0.25) is 0 Å². The maximum absolute atomic E-state index is 12.8. The van der Waals surface area contributed by atoms with Crippen LogP contribution < -0.4 is 5.73 Å². The molecular weight excluding hydrogens is 310 g/mol. The first-order valence-electron chi connectivity index (χ1n) is 8.46. The molecule has 0 aromatic heterocycles. The minimum atomic E-state index is 0. The Labute approximate surface area is 145 Å². The summed E-state index contributed by atoms with van der Waals surface area (Å²) in [6.07, 6.45) is 3.61. The third kappa shape index (κ3) is 3.70. The standard InChI is InChI=1S/C18H27N3O.ClH/c1-13(2)21-16-7-8-17(21)12-20(10-9-16)18(22)15-5-3-14(11-19)4-6-15;/h3-6,13,16-17H,7-12,19H2,1-2H3;1H. The van der Waals surface area contributed by atoms with Crippen LogP contribution in [0.15, 0.2) is 24.3 Å². The second kappa shape index (κ2) is 7.65. The van der Waals surface area contributed by atoms with Crippen LogP contribution in [0.1, 0.15) is 49.0 Å². The summed E-state index contributed by atoms with van der Waals surface area (Å²) in [5.74, 6) is 0.167. The van der Waals surface area contributed by atoms with Crippen molar-refractivity contribution >= 4 is 18.3 Å². The molecule has 2 atom stereocenters. The number of hydrogen-bond donors (Lipinski definition) is 1. The van der Waals surface area contributed by atoms with E-state index in [4.69, 9.17) is 5.73 Å². The van der Waals surface area contributed by atoms with Crippen LogP contribution in [0.5, 0.6) is 0 Å². The van der Waals surface area contributed by atoms with E-state index in [0.29, 0.717) is 24.7 Å². The molecule has 23 heavy (non-hydrogen) atoms. The number of fused-ring (bicyclic) bond motifs is 2. The lowest BCUT2D eigenvalue weighted by Gasteiger charge is -2.32. The fraction of sp³-hybridized carbons (Fsp3) is 0.611. The fourth-order valence-corrected chi connectivity index (χ4v) is 4.10. The summed E-state index contributed by atoms with van der Waals surface area (Å²) in [4.78, 5) is 17.5. The minimum absolute atomic E-state index is 0. The van der Waals surface area contributed by atoms with Gasteiger partial charge >= 0.3 is 0 Å². The Morgan fingerprint density at radius 2 is 1.83 bits per heavy atom. The van der Waals surface area contributed by atoms with E-state index < -0.39 is 0 Å². The number of nitrogens with two attached hydrogens (primary N) is 1. The van der Waals surface area contributed by atoms with Crippen molar-refractivity contribution in [1.29, 1.82) is 0 Å². The minimum Gasteiger partial charge on any atom is -0.337 e. The van der Waals surface area contributed by atoms with E-state index in [0.717, 1.165) is 30.6 Å². The molecule has 1 aromatic carbocycles. The summed E-state index contributed by atoms with van der Waals surface area (Å²) in [5, 5.41) is 0. The molecule has 2 N–H and O–H groups in total. The quantitative estimate of drug-likeness (QED) is 0.922. The molecule has 2 unspecified atom stereocenters. The van der Waals surface area contributed by atoms with Gasteiger partial charge in [-0.25, -0.2) is 0 Å². The van der Waals surface area contributed by atoms with Gasteiger partial charge in [0.15, 0.2) is 0 Å². The normalized spacial score (nSPS) is 24.4. The van der Waals surface area contributed by atoms with E-state index in [1.54, 1.807) is 0 Å². The van der Waals surface area contributed by atoms with Crippen molar-refractivity contribution in [3.63, 3.8) is 0 Å². The highest BCUT2D eigenvalue weighted by Gasteiger charge is 2.39. The molecule has 5 heteroatoms. The van der Waals surface area contributed by atoms with Crippen molar-refractivity contribution in [3.05, 3.63) is 35.4 Å². The van der Waals surface area contributed by atoms with Gasteiger partial charge in [0.1, 0.15) is 0 Å². The molecule has 2 aliphatic heterocycles. The van der Waals surface area contributed by atoms with Gasteiger partial charge < -0.3 is 10.6 Å². The third-order valence-electron chi connectivity index (χ3n) is 5.16. The largest absolute Gasteiger partial charge is 0.337 e. The van der Waals surface area contributed by atoms with Crippen molar-refractivity contribution in [1.82, 2.24) is 9.80 Å². The van der Waals surface area contributed by atoms with E-state index in [-0.39, 0.29) is 18.3 Å². The van der Waals surface area contributed by atoms with Crippen molar-refractivity contribution in [2.24, 2.45) is 5.73 Å². The number of amides is 1. The molecule has 2 bridgehead atoms. The Kier molecular flexibility index (Phi) is 6.06. The molecule has 0 aliphatic carbocycles. The topological polar surface area (TPSA) is 49.6 Å². The second-order valence-corrected chi connectivity index (χ2v) is 6.87. The summed E-state index contributed by atoms with van der Waals surface area (Å²) in [7, 11) is 0. The van der Waals surface area contributed by atoms with E-state index >= 15 is 0 Å². The number of likely N-dealkylation sites (tertiary alicyclic amines) is 1. The van der Waals surface area contributed by atoms with E-state index in [1.165, 1.54) is 12.8 Å². The Bertz CT molecular complexity index is 532. The summed E-state index contributed by atoms with van der Waals surface area (Å²) in [6.45, 7) is 6.81.